The first-order chi connectivity index (χ1) is 9.93. The van der Waals surface area contributed by atoms with Gasteiger partial charge in [0.05, 0.1) is 6.04 Å². The van der Waals surface area contributed by atoms with Crippen LogP contribution in [0.5, 0.6) is 0 Å². The second kappa shape index (κ2) is 6.56. The Morgan fingerprint density at radius 2 is 2.19 bits per heavy atom. The average molecular weight is 293 g/mol. The van der Waals surface area contributed by atoms with Gasteiger partial charge in [0.2, 0.25) is 5.91 Å². The van der Waals surface area contributed by atoms with Crippen LogP contribution >= 0.6 is 0 Å². The van der Waals surface area contributed by atoms with Gasteiger partial charge < -0.3 is 15.6 Å². The minimum Gasteiger partial charge on any atom is -0.346 e. The topological polar surface area (TPSA) is 85.8 Å². The van der Waals surface area contributed by atoms with E-state index in [1.165, 1.54) is 0 Å². The fourth-order valence-electron chi connectivity index (χ4n) is 2.84. The first-order valence-corrected chi connectivity index (χ1v) is 7.84. The summed E-state index contributed by atoms with van der Waals surface area (Å²) in [5.74, 6) is 1.98. The molecule has 1 aliphatic heterocycles. The predicted molar refractivity (Wildman–Crippen MR) is 81.6 cm³/mol. The van der Waals surface area contributed by atoms with Crippen LogP contribution in [0.2, 0.25) is 0 Å². The molecule has 0 radical (unpaired) electrons. The van der Waals surface area contributed by atoms with Crippen molar-refractivity contribution in [3.8, 4) is 0 Å². The van der Waals surface area contributed by atoms with E-state index in [-0.39, 0.29) is 17.4 Å². The van der Waals surface area contributed by atoms with Crippen LogP contribution in [0, 0.1) is 5.41 Å². The lowest BCUT2D eigenvalue weighted by Gasteiger charge is -2.23. The second-order valence-corrected chi connectivity index (χ2v) is 6.72. The second-order valence-electron chi connectivity index (χ2n) is 6.72. The molecule has 2 rings (SSSR count). The number of fused-ring (bicyclic) bond motifs is 1. The maximum Gasteiger partial charge on any atom is 0.220 e. The monoisotopic (exact) mass is 293 g/mol. The van der Waals surface area contributed by atoms with Gasteiger partial charge >= 0.3 is 0 Å². The Morgan fingerprint density at radius 3 is 2.90 bits per heavy atom. The van der Waals surface area contributed by atoms with Gasteiger partial charge in [0.15, 0.2) is 5.82 Å². The highest BCUT2D eigenvalue weighted by atomic mass is 16.1. The number of hydrogen-bond acceptors (Lipinski definition) is 4. The molecule has 6 nitrogen and oxygen atoms in total. The molecule has 2 heterocycles. The van der Waals surface area contributed by atoms with Crippen molar-refractivity contribution in [2.75, 3.05) is 6.54 Å². The van der Waals surface area contributed by atoms with Gasteiger partial charge in [-0.05, 0) is 38.1 Å². The third kappa shape index (κ3) is 4.03. The molecule has 0 fully saturated rings. The normalized spacial score (nSPS) is 15.8. The van der Waals surface area contributed by atoms with Gasteiger partial charge in [-0.15, -0.1) is 10.2 Å². The molecule has 118 valence electrons. The van der Waals surface area contributed by atoms with Crippen LogP contribution in [0.4, 0.5) is 0 Å². The summed E-state index contributed by atoms with van der Waals surface area (Å²) in [6, 6.07) is -0.0885. The van der Waals surface area contributed by atoms with Crippen molar-refractivity contribution >= 4 is 5.91 Å². The smallest absolute Gasteiger partial charge is 0.220 e. The van der Waals surface area contributed by atoms with E-state index < -0.39 is 0 Å². The molecular formula is C15H27N5O. The number of carbonyl (C=O) groups is 1. The predicted octanol–water partition coefficient (Wildman–Crippen LogP) is 1.56. The zero-order chi connectivity index (χ0) is 15.5. The fraction of sp³-hybridized carbons (Fsp3) is 0.800. The van der Waals surface area contributed by atoms with Gasteiger partial charge in [-0.25, -0.2) is 0 Å². The van der Waals surface area contributed by atoms with Crippen LogP contribution < -0.4 is 11.1 Å². The summed E-state index contributed by atoms with van der Waals surface area (Å²) >= 11 is 0. The van der Waals surface area contributed by atoms with Crippen molar-refractivity contribution in [2.24, 2.45) is 11.1 Å². The Kier molecular flexibility index (Phi) is 4.98. The summed E-state index contributed by atoms with van der Waals surface area (Å²) in [5.41, 5.74) is 5.72. The highest BCUT2D eigenvalue weighted by molar-refractivity contribution is 5.76. The van der Waals surface area contributed by atoms with Crippen LogP contribution in [0.1, 0.15) is 64.1 Å². The van der Waals surface area contributed by atoms with Gasteiger partial charge in [-0.2, -0.15) is 0 Å². The van der Waals surface area contributed by atoms with E-state index in [1.54, 1.807) is 0 Å². The lowest BCUT2D eigenvalue weighted by Crippen LogP contribution is -2.30. The van der Waals surface area contributed by atoms with Crippen molar-refractivity contribution in [1.29, 1.82) is 0 Å². The number of nitrogens with two attached hydrogens (primary N) is 1. The molecule has 1 aromatic rings. The van der Waals surface area contributed by atoms with Crippen molar-refractivity contribution in [2.45, 2.75) is 65.5 Å². The van der Waals surface area contributed by atoms with Crippen molar-refractivity contribution in [3.05, 3.63) is 11.6 Å². The van der Waals surface area contributed by atoms with Crippen LogP contribution in [0.15, 0.2) is 0 Å². The molecule has 21 heavy (non-hydrogen) atoms. The number of nitrogens with zero attached hydrogens (tertiary/aromatic N) is 3. The third-order valence-electron chi connectivity index (χ3n) is 4.25. The molecule has 0 saturated heterocycles. The van der Waals surface area contributed by atoms with Gasteiger partial charge in [0.25, 0.3) is 0 Å². The number of hydrogen-bond donors (Lipinski definition) is 2. The van der Waals surface area contributed by atoms with E-state index >= 15 is 0 Å². The Hall–Kier alpha value is -1.43. The highest BCUT2D eigenvalue weighted by Crippen LogP contribution is 2.26. The number of carbonyl (C=O) groups excluding carboxylic acids is 1. The SMILES string of the molecule is CC(NC(=O)CCC(C)(C)CCN)c1nnc2n1CCC2. The van der Waals surface area contributed by atoms with Crippen LogP contribution in [0.25, 0.3) is 0 Å². The molecule has 0 saturated carbocycles. The first-order valence-electron chi connectivity index (χ1n) is 7.84. The fourth-order valence-corrected chi connectivity index (χ4v) is 2.84. The van der Waals surface area contributed by atoms with E-state index in [0.29, 0.717) is 13.0 Å². The number of rotatable bonds is 7. The van der Waals surface area contributed by atoms with Gasteiger partial charge in [-0.3, -0.25) is 4.79 Å². The van der Waals surface area contributed by atoms with Crippen molar-refractivity contribution < 1.29 is 4.79 Å². The molecule has 6 heteroatoms. The number of amides is 1. The summed E-state index contributed by atoms with van der Waals surface area (Å²) in [6.07, 6.45) is 4.42. The minimum atomic E-state index is -0.0885. The highest BCUT2D eigenvalue weighted by Gasteiger charge is 2.23. The number of aryl methyl sites for hydroxylation is 1. The summed E-state index contributed by atoms with van der Waals surface area (Å²) in [6.45, 7) is 7.90. The van der Waals surface area contributed by atoms with Gasteiger partial charge in [-0.1, -0.05) is 13.8 Å². The molecule has 0 bridgehead atoms. The Labute approximate surface area is 126 Å². The molecule has 1 unspecified atom stereocenters. The van der Waals surface area contributed by atoms with Gasteiger partial charge in [0.1, 0.15) is 5.82 Å². The molecule has 1 atom stereocenters. The minimum absolute atomic E-state index is 0.0722. The van der Waals surface area contributed by atoms with Crippen LogP contribution in [-0.2, 0) is 17.8 Å². The molecule has 3 N–H and O–H groups in total. The maximum atomic E-state index is 12.1. The number of nitrogens with one attached hydrogen (secondary N) is 1. The lowest BCUT2D eigenvalue weighted by molar-refractivity contribution is -0.122. The molecule has 1 aromatic heterocycles. The first kappa shape index (κ1) is 15.9. The summed E-state index contributed by atoms with van der Waals surface area (Å²) in [4.78, 5) is 12.1. The largest absolute Gasteiger partial charge is 0.346 e. The molecule has 0 aromatic carbocycles. The Bertz CT molecular complexity index is 494. The van der Waals surface area contributed by atoms with Crippen LogP contribution in [0.3, 0.4) is 0 Å². The molecular weight excluding hydrogens is 266 g/mol. The maximum absolute atomic E-state index is 12.1. The molecule has 1 amide bonds. The standard InChI is InChI=1S/C15H27N5O/c1-11(14-19-18-12-5-4-10-20(12)14)17-13(21)6-7-15(2,3)8-9-16/h11H,4-10,16H2,1-3H3,(H,17,21). The molecule has 1 aliphatic rings. The number of aromatic nitrogens is 3. The van der Waals surface area contributed by atoms with E-state index in [1.807, 2.05) is 6.92 Å². The summed E-state index contributed by atoms with van der Waals surface area (Å²) in [7, 11) is 0. The van der Waals surface area contributed by atoms with E-state index in [2.05, 4.69) is 33.9 Å². The average Bonchev–Trinajstić information content (AvgIpc) is 2.98. The van der Waals surface area contributed by atoms with Crippen molar-refractivity contribution in [1.82, 2.24) is 20.1 Å². The third-order valence-corrected chi connectivity index (χ3v) is 4.25. The van der Waals surface area contributed by atoms with E-state index in [9.17, 15) is 4.79 Å². The Balaban J connectivity index is 1.85. The zero-order valence-electron chi connectivity index (χ0n) is 13.4. The summed E-state index contributed by atoms with van der Waals surface area (Å²) < 4.78 is 2.13. The Morgan fingerprint density at radius 1 is 1.43 bits per heavy atom. The zero-order valence-corrected chi connectivity index (χ0v) is 13.4. The quantitative estimate of drug-likeness (QED) is 0.799. The lowest BCUT2D eigenvalue weighted by atomic mass is 9.84. The summed E-state index contributed by atoms with van der Waals surface area (Å²) in [5, 5.41) is 11.4. The van der Waals surface area contributed by atoms with E-state index in [4.69, 9.17) is 5.73 Å². The van der Waals surface area contributed by atoms with E-state index in [0.717, 1.165) is 43.9 Å². The molecule has 0 spiro atoms. The molecule has 0 aliphatic carbocycles. The van der Waals surface area contributed by atoms with Crippen LogP contribution in [-0.4, -0.2) is 27.2 Å². The van der Waals surface area contributed by atoms with Crippen molar-refractivity contribution in [3.63, 3.8) is 0 Å². The van der Waals surface area contributed by atoms with Gasteiger partial charge in [0, 0.05) is 19.4 Å².